The molecule has 0 aliphatic carbocycles. The lowest BCUT2D eigenvalue weighted by molar-refractivity contribution is 0.0158. The van der Waals surface area contributed by atoms with Gasteiger partial charge in [-0.05, 0) is 57.0 Å². The molecule has 2 aromatic heterocycles. The number of halogens is 1. The van der Waals surface area contributed by atoms with Crippen molar-refractivity contribution < 1.29 is 9.53 Å². The fourth-order valence-electron chi connectivity index (χ4n) is 3.31. The van der Waals surface area contributed by atoms with E-state index < -0.39 is 5.60 Å². The van der Waals surface area contributed by atoms with Gasteiger partial charge in [-0.3, -0.25) is 0 Å². The van der Waals surface area contributed by atoms with Gasteiger partial charge in [-0.15, -0.1) is 0 Å². The second kappa shape index (κ2) is 7.30. The van der Waals surface area contributed by atoms with Gasteiger partial charge in [-0.25, -0.2) is 14.3 Å². The summed E-state index contributed by atoms with van der Waals surface area (Å²) in [5.41, 5.74) is 2.40. The summed E-state index contributed by atoms with van der Waals surface area (Å²) in [6, 6.07) is 2.10. The summed E-state index contributed by atoms with van der Waals surface area (Å²) >= 11 is 3.64. The molecule has 3 heterocycles. The van der Waals surface area contributed by atoms with Crippen LogP contribution >= 0.6 is 15.9 Å². The molecule has 1 fully saturated rings. The summed E-state index contributed by atoms with van der Waals surface area (Å²) in [6.45, 7) is 13.9. The van der Waals surface area contributed by atoms with Gasteiger partial charge in [0.15, 0.2) is 5.65 Å². The lowest BCUT2D eigenvalue weighted by atomic mass is 10.2. The first-order valence-electron chi connectivity index (χ1n) is 9.40. The minimum Gasteiger partial charge on any atom is -0.444 e. The molecule has 3 rings (SSSR count). The maximum Gasteiger partial charge on any atom is 0.410 e. The van der Waals surface area contributed by atoms with E-state index in [4.69, 9.17) is 9.72 Å². The Morgan fingerprint density at radius 3 is 2.67 bits per heavy atom. The average molecular weight is 438 g/mol. The van der Waals surface area contributed by atoms with E-state index in [-0.39, 0.29) is 12.1 Å². The SMILES string of the molecule is CCc1nn2c(C)cc(N3CCN(C(=O)OC(C)(C)C)C(C)C3)nc2c1Br. The van der Waals surface area contributed by atoms with Gasteiger partial charge in [0.1, 0.15) is 11.4 Å². The van der Waals surface area contributed by atoms with Gasteiger partial charge in [-0.1, -0.05) is 6.92 Å². The zero-order valence-electron chi connectivity index (χ0n) is 16.9. The highest BCUT2D eigenvalue weighted by molar-refractivity contribution is 9.10. The van der Waals surface area contributed by atoms with Gasteiger partial charge in [0.2, 0.25) is 0 Å². The summed E-state index contributed by atoms with van der Waals surface area (Å²) in [6.07, 6.45) is 0.602. The Morgan fingerprint density at radius 1 is 1.37 bits per heavy atom. The van der Waals surface area contributed by atoms with Crippen LogP contribution in [0.25, 0.3) is 5.65 Å². The third kappa shape index (κ3) is 4.05. The molecule has 1 aliphatic rings. The van der Waals surface area contributed by atoms with Crippen molar-refractivity contribution in [2.24, 2.45) is 0 Å². The number of amides is 1. The number of fused-ring (bicyclic) bond motifs is 1. The first-order chi connectivity index (χ1) is 12.6. The number of aryl methyl sites for hydroxylation is 2. The van der Waals surface area contributed by atoms with Crippen LogP contribution in [0.15, 0.2) is 10.5 Å². The van der Waals surface area contributed by atoms with E-state index in [2.05, 4.69) is 38.9 Å². The van der Waals surface area contributed by atoms with Gasteiger partial charge in [0.25, 0.3) is 0 Å². The maximum atomic E-state index is 12.4. The summed E-state index contributed by atoms with van der Waals surface area (Å²) in [4.78, 5) is 21.3. The zero-order chi connectivity index (χ0) is 19.9. The topological polar surface area (TPSA) is 63.0 Å². The smallest absolute Gasteiger partial charge is 0.410 e. The van der Waals surface area contributed by atoms with E-state index in [1.807, 2.05) is 39.1 Å². The molecule has 0 saturated carbocycles. The minimum atomic E-state index is -0.483. The molecule has 27 heavy (non-hydrogen) atoms. The zero-order valence-corrected chi connectivity index (χ0v) is 18.5. The normalized spacial score (nSPS) is 18.3. The molecule has 0 radical (unpaired) electrons. The van der Waals surface area contributed by atoms with Gasteiger partial charge >= 0.3 is 6.09 Å². The molecule has 148 valence electrons. The number of piperazine rings is 1. The van der Waals surface area contributed by atoms with Crippen LogP contribution in [0.1, 0.15) is 46.0 Å². The predicted octanol–water partition coefficient (Wildman–Crippen LogP) is 3.81. The first kappa shape index (κ1) is 19.9. The standard InChI is InChI=1S/C19H28BrN5O2/c1-7-14-16(20)17-21-15(10-12(2)25(17)22-14)23-8-9-24(13(3)11-23)18(26)27-19(4,5)6/h10,13H,7-9,11H2,1-6H3. The van der Waals surface area contributed by atoms with Crippen molar-refractivity contribution in [3.63, 3.8) is 0 Å². The van der Waals surface area contributed by atoms with Crippen LogP contribution in [0, 0.1) is 6.92 Å². The van der Waals surface area contributed by atoms with E-state index in [0.29, 0.717) is 13.1 Å². The minimum absolute atomic E-state index is 0.0477. The van der Waals surface area contributed by atoms with Crippen LogP contribution in [0.4, 0.5) is 10.6 Å². The van der Waals surface area contributed by atoms with Gasteiger partial charge in [0, 0.05) is 37.4 Å². The third-order valence-corrected chi connectivity index (χ3v) is 5.49. The molecule has 8 heteroatoms. The van der Waals surface area contributed by atoms with Crippen molar-refractivity contribution in [2.75, 3.05) is 24.5 Å². The van der Waals surface area contributed by atoms with E-state index in [9.17, 15) is 4.79 Å². The molecule has 0 bridgehead atoms. The molecular formula is C19H28BrN5O2. The first-order valence-corrected chi connectivity index (χ1v) is 10.2. The number of ether oxygens (including phenoxy) is 1. The Bertz CT molecular complexity index is 858. The van der Waals surface area contributed by atoms with Crippen LogP contribution in [0.5, 0.6) is 0 Å². The molecule has 7 nitrogen and oxygen atoms in total. The van der Waals surface area contributed by atoms with E-state index >= 15 is 0 Å². The summed E-state index contributed by atoms with van der Waals surface area (Å²) in [5.74, 6) is 0.916. The largest absolute Gasteiger partial charge is 0.444 e. The highest BCUT2D eigenvalue weighted by atomic mass is 79.9. The Balaban J connectivity index is 1.81. The van der Waals surface area contributed by atoms with E-state index in [1.165, 1.54) is 0 Å². The van der Waals surface area contributed by atoms with Crippen molar-refractivity contribution >= 4 is 33.5 Å². The number of hydrogen-bond acceptors (Lipinski definition) is 5. The van der Waals surface area contributed by atoms with Crippen LogP contribution in [0.3, 0.4) is 0 Å². The Kier molecular flexibility index (Phi) is 5.38. The quantitative estimate of drug-likeness (QED) is 0.714. The molecule has 1 unspecified atom stereocenters. The Morgan fingerprint density at radius 2 is 2.07 bits per heavy atom. The monoisotopic (exact) mass is 437 g/mol. The van der Waals surface area contributed by atoms with Crippen LogP contribution in [-0.4, -0.2) is 56.9 Å². The molecule has 1 amide bonds. The summed E-state index contributed by atoms with van der Waals surface area (Å²) < 4.78 is 8.37. The van der Waals surface area contributed by atoms with Crippen molar-refractivity contribution in [3.8, 4) is 0 Å². The van der Waals surface area contributed by atoms with Crippen molar-refractivity contribution in [2.45, 2.75) is 59.6 Å². The molecule has 2 aromatic rings. The molecule has 1 aliphatic heterocycles. The maximum absolute atomic E-state index is 12.4. The number of carbonyl (C=O) groups is 1. The second-order valence-electron chi connectivity index (χ2n) is 8.07. The Labute approximate surface area is 168 Å². The van der Waals surface area contributed by atoms with Gasteiger partial charge in [0.05, 0.1) is 10.2 Å². The van der Waals surface area contributed by atoms with E-state index in [1.54, 1.807) is 4.90 Å². The predicted molar refractivity (Wildman–Crippen MR) is 109 cm³/mol. The lowest BCUT2D eigenvalue weighted by Crippen LogP contribution is -2.55. The molecular weight excluding hydrogens is 410 g/mol. The number of aromatic nitrogens is 3. The summed E-state index contributed by atoms with van der Waals surface area (Å²) in [7, 11) is 0. The van der Waals surface area contributed by atoms with Crippen LogP contribution < -0.4 is 4.90 Å². The van der Waals surface area contributed by atoms with Crippen LogP contribution in [-0.2, 0) is 11.2 Å². The van der Waals surface area contributed by atoms with Gasteiger partial charge in [-0.2, -0.15) is 5.10 Å². The number of nitrogens with zero attached hydrogens (tertiary/aromatic N) is 5. The average Bonchev–Trinajstić information content (AvgIpc) is 2.90. The molecule has 0 N–H and O–H groups in total. The van der Waals surface area contributed by atoms with Gasteiger partial charge < -0.3 is 14.5 Å². The van der Waals surface area contributed by atoms with Crippen molar-refractivity contribution in [1.29, 1.82) is 0 Å². The van der Waals surface area contributed by atoms with Crippen molar-refractivity contribution in [1.82, 2.24) is 19.5 Å². The molecule has 1 atom stereocenters. The Hall–Kier alpha value is -1.83. The molecule has 0 aromatic carbocycles. The number of carbonyl (C=O) groups excluding carboxylic acids is 1. The molecule has 0 spiro atoms. The number of hydrogen-bond donors (Lipinski definition) is 0. The summed E-state index contributed by atoms with van der Waals surface area (Å²) in [5, 5.41) is 4.62. The van der Waals surface area contributed by atoms with E-state index in [0.717, 1.165) is 40.3 Å². The highest BCUT2D eigenvalue weighted by Crippen LogP contribution is 2.27. The number of anilines is 1. The fourth-order valence-corrected chi connectivity index (χ4v) is 3.93. The number of rotatable bonds is 2. The highest BCUT2D eigenvalue weighted by Gasteiger charge is 2.31. The second-order valence-corrected chi connectivity index (χ2v) is 8.87. The van der Waals surface area contributed by atoms with Crippen molar-refractivity contribution in [3.05, 3.63) is 21.9 Å². The fraction of sp³-hybridized carbons (Fsp3) is 0.632. The molecule has 1 saturated heterocycles. The lowest BCUT2D eigenvalue weighted by Gasteiger charge is -2.40. The third-order valence-electron chi connectivity index (χ3n) is 4.68. The van der Waals surface area contributed by atoms with Crippen LogP contribution in [0.2, 0.25) is 0 Å².